The zero-order chi connectivity index (χ0) is 24.7. The molecule has 0 unspecified atom stereocenters. The molecule has 2 aromatic rings. The second kappa shape index (κ2) is 8.77. The summed E-state index contributed by atoms with van der Waals surface area (Å²) in [5.41, 5.74) is 6.33. The predicted molar refractivity (Wildman–Crippen MR) is 132 cm³/mol. The van der Waals surface area contributed by atoms with E-state index in [9.17, 15) is 14.9 Å². The van der Waals surface area contributed by atoms with E-state index in [1.165, 1.54) is 23.4 Å². The fourth-order valence-corrected chi connectivity index (χ4v) is 4.88. The van der Waals surface area contributed by atoms with Gasteiger partial charge in [-0.05, 0) is 60.4 Å². The van der Waals surface area contributed by atoms with Gasteiger partial charge in [0.15, 0.2) is 0 Å². The summed E-state index contributed by atoms with van der Waals surface area (Å²) in [6.07, 6.45) is 6.43. The van der Waals surface area contributed by atoms with Crippen molar-refractivity contribution in [1.29, 1.82) is 5.26 Å². The first-order valence-electron chi connectivity index (χ1n) is 11.7. The number of benzene rings is 1. The van der Waals surface area contributed by atoms with Crippen LogP contribution in [0.15, 0.2) is 39.1 Å². The number of anilines is 1. The number of carbonyl (C=O) groups excluding carboxylic acids is 1. The molecule has 1 aromatic carbocycles. The third kappa shape index (κ3) is 4.14. The molecule has 0 saturated heterocycles. The van der Waals surface area contributed by atoms with Crippen LogP contribution in [0.2, 0.25) is 0 Å². The Morgan fingerprint density at radius 3 is 2.62 bits per heavy atom. The predicted octanol–water partition coefficient (Wildman–Crippen LogP) is 4.49. The number of fused-ring (bicyclic) bond motifs is 2. The standard InChI is InChI=1S/C27H31N3O4/c1-6-29-34-25(32)18(16-28)9-7-8-17-14-19-15-20-22-21(23(19)33-24(17)31)27(4,5)11-13-30(22)12-10-26(20,2)3/h7-9,14-15,29H,6,10-13H2,1-5H3. The Morgan fingerprint density at radius 2 is 1.94 bits per heavy atom. The van der Waals surface area contributed by atoms with E-state index in [1.807, 2.05) is 12.1 Å². The van der Waals surface area contributed by atoms with Crippen molar-refractivity contribution in [2.75, 3.05) is 24.5 Å². The molecular formula is C27H31N3O4. The molecule has 1 aromatic heterocycles. The van der Waals surface area contributed by atoms with Gasteiger partial charge in [0, 0.05) is 36.3 Å². The molecule has 2 aliphatic heterocycles. The summed E-state index contributed by atoms with van der Waals surface area (Å²) >= 11 is 0. The Kier molecular flexibility index (Phi) is 6.13. The highest BCUT2D eigenvalue weighted by Gasteiger charge is 2.41. The van der Waals surface area contributed by atoms with Crippen LogP contribution in [0.1, 0.15) is 64.2 Å². The number of hydrogen-bond acceptors (Lipinski definition) is 7. The maximum atomic E-state index is 12.9. The van der Waals surface area contributed by atoms with Gasteiger partial charge < -0.3 is 14.2 Å². The highest BCUT2D eigenvalue weighted by atomic mass is 16.7. The van der Waals surface area contributed by atoms with Crippen LogP contribution in [0.3, 0.4) is 0 Å². The highest BCUT2D eigenvalue weighted by Crippen LogP contribution is 2.51. The number of hydroxylamine groups is 1. The van der Waals surface area contributed by atoms with E-state index < -0.39 is 11.6 Å². The van der Waals surface area contributed by atoms with Crippen molar-refractivity contribution in [3.05, 3.63) is 57.0 Å². The Morgan fingerprint density at radius 1 is 1.24 bits per heavy atom. The van der Waals surface area contributed by atoms with Crippen molar-refractivity contribution in [2.24, 2.45) is 0 Å². The van der Waals surface area contributed by atoms with Crippen molar-refractivity contribution in [3.63, 3.8) is 0 Å². The Balaban J connectivity index is 1.82. The van der Waals surface area contributed by atoms with Crippen LogP contribution in [0.5, 0.6) is 0 Å². The van der Waals surface area contributed by atoms with E-state index in [0.717, 1.165) is 36.9 Å². The van der Waals surface area contributed by atoms with E-state index in [2.05, 4.69) is 44.1 Å². The molecule has 0 bridgehead atoms. The minimum atomic E-state index is -0.778. The van der Waals surface area contributed by atoms with Gasteiger partial charge in [-0.2, -0.15) is 10.7 Å². The van der Waals surface area contributed by atoms with Gasteiger partial charge >= 0.3 is 11.6 Å². The molecule has 7 nitrogen and oxygen atoms in total. The normalized spacial score (nSPS) is 18.6. The average Bonchev–Trinajstić information content (AvgIpc) is 2.78. The summed E-state index contributed by atoms with van der Waals surface area (Å²) in [7, 11) is 0. The molecule has 34 heavy (non-hydrogen) atoms. The van der Waals surface area contributed by atoms with E-state index in [-0.39, 0.29) is 16.4 Å². The highest BCUT2D eigenvalue weighted by molar-refractivity contribution is 5.93. The van der Waals surface area contributed by atoms with Gasteiger partial charge in [0.1, 0.15) is 17.2 Å². The summed E-state index contributed by atoms with van der Waals surface area (Å²) in [6.45, 7) is 13.2. The monoisotopic (exact) mass is 461 g/mol. The lowest BCUT2D eigenvalue weighted by Crippen LogP contribution is -2.44. The van der Waals surface area contributed by atoms with Crippen LogP contribution in [0.25, 0.3) is 17.0 Å². The summed E-state index contributed by atoms with van der Waals surface area (Å²) in [6, 6.07) is 5.81. The van der Waals surface area contributed by atoms with Crippen LogP contribution in [-0.2, 0) is 20.5 Å². The number of carbonyl (C=O) groups is 1. The lowest BCUT2D eigenvalue weighted by atomic mass is 9.69. The molecule has 0 spiro atoms. The van der Waals surface area contributed by atoms with Gasteiger partial charge in [0.2, 0.25) is 0 Å². The molecule has 4 rings (SSSR count). The summed E-state index contributed by atoms with van der Waals surface area (Å²) in [4.78, 5) is 32.0. The second-order valence-electron chi connectivity index (χ2n) is 10.2. The summed E-state index contributed by atoms with van der Waals surface area (Å²) < 4.78 is 5.93. The fraction of sp³-hybridized carbons (Fsp3) is 0.444. The minimum absolute atomic E-state index is 0.0195. The maximum absolute atomic E-state index is 12.9. The van der Waals surface area contributed by atoms with Crippen molar-refractivity contribution < 1.29 is 14.0 Å². The topological polar surface area (TPSA) is 95.6 Å². The molecule has 0 radical (unpaired) electrons. The molecule has 2 aliphatic rings. The lowest BCUT2D eigenvalue weighted by molar-refractivity contribution is -0.145. The number of nitrogens with one attached hydrogen (secondary N) is 1. The van der Waals surface area contributed by atoms with Gasteiger partial charge in [-0.15, -0.1) is 0 Å². The van der Waals surface area contributed by atoms with E-state index in [0.29, 0.717) is 17.7 Å². The number of nitrogens with zero attached hydrogens (tertiary/aromatic N) is 2. The van der Waals surface area contributed by atoms with Crippen molar-refractivity contribution in [3.8, 4) is 6.07 Å². The molecule has 7 heteroatoms. The average molecular weight is 462 g/mol. The quantitative estimate of drug-likeness (QED) is 0.230. The maximum Gasteiger partial charge on any atom is 0.367 e. The smallest absolute Gasteiger partial charge is 0.367 e. The number of nitriles is 1. The summed E-state index contributed by atoms with van der Waals surface area (Å²) in [5, 5.41) is 10.1. The lowest BCUT2D eigenvalue weighted by Gasteiger charge is -2.48. The van der Waals surface area contributed by atoms with Gasteiger partial charge in [0.25, 0.3) is 0 Å². The molecule has 3 heterocycles. The van der Waals surface area contributed by atoms with Gasteiger partial charge in [-0.1, -0.05) is 33.8 Å². The molecule has 0 saturated carbocycles. The third-order valence-corrected chi connectivity index (χ3v) is 6.95. The third-order valence-electron chi connectivity index (χ3n) is 6.95. The second-order valence-corrected chi connectivity index (χ2v) is 10.2. The molecule has 0 aliphatic carbocycles. The summed E-state index contributed by atoms with van der Waals surface area (Å²) in [5.74, 6) is -0.778. The van der Waals surface area contributed by atoms with E-state index >= 15 is 0 Å². The van der Waals surface area contributed by atoms with Crippen LogP contribution >= 0.6 is 0 Å². The first-order chi connectivity index (χ1) is 16.1. The number of hydrogen-bond donors (Lipinski definition) is 1. The SMILES string of the molecule is CCNOC(=O)C(C#N)=CC=Cc1cc2cc3c4c(c2oc1=O)C(C)(C)CCN4CCC3(C)C. The zero-order valence-corrected chi connectivity index (χ0v) is 20.4. The van der Waals surface area contributed by atoms with Crippen LogP contribution < -0.4 is 16.0 Å². The first-order valence-corrected chi connectivity index (χ1v) is 11.7. The van der Waals surface area contributed by atoms with Gasteiger partial charge in [-0.25, -0.2) is 9.59 Å². The van der Waals surface area contributed by atoms with Crippen molar-refractivity contribution in [2.45, 2.75) is 58.3 Å². The molecule has 178 valence electrons. The molecule has 1 N–H and O–H groups in total. The molecule has 0 atom stereocenters. The van der Waals surface area contributed by atoms with Crippen molar-refractivity contribution >= 4 is 28.7 Å². The van der Waals surface area contributed by atoms with E-state index in [1.54, 1.807) is 13.0 Å². The van der Waals surface area contributed by atoms with Gasteiger partial charge in [-0.3, -0.25) is 0 Å². The minimum Gasteiger partial charge on any atom is -0.422 e. The first kappa shape index (κ1) is 23.8. The van der Waals surface area contributed by atoms with E-state index in [4.69, 9.17) is 9.25 Å². The fourth-order valence-electron chi connectivity index (χ4n) is 4.88. The van der Waals surface area contributed by atoms with Crippen LogP contribution in [0.4, 0.5) is 5.69 Å². The van der Waals surface area contributed by atoms with Gasteiger partial charge in [0.05, 0.1) is 5.56 Å². The van der Waals surface area contributed by atoms with Crippen molar-refractivity contribution in [1.82, 2.24) is 5.48 Å². The Labute approximate surface area is 199 Å². The Bertz CT molecular complexity index is 1310. The molecule has 0 amide bonds. The molecule has 0 fully saturated rings. The van der Waals surface area contributed by atoms with Crippen LogP contribution in [-0.4, -0.2) is 25.6 Å². The Hall–Kier alpha value is -3.37. The number of allylic oxidation sites excluding steroid dienone is 2. The van der Waals surface area contributed by atoms with Crippen LogP contribution in [0, 0.1) is 11.3 Å². The number of rotatable bonds is 5. The molecular weight excluding hydrogens is 430 g/mol. The zero-order valence-electron chi connectivity index (χ0n) is 20.4. The largest absolute Gasteiger partial charge is 0.422 e.